The second kappa shape index (κ2) is 3.70. The number of hydrogen-bond donors (Lipinski definition) is 1. The largest absolute Gasteiger partial charge is 0.476 e. The van der Waals surface area contributed by atoms with E-state index in [4.69, 9.17) is 16.7 Å². The minimum absolute atomic E-state index is 0.0168. The quantitative estimate of drug-likeness (QED) is 0.739. The van der Waals surface area contributed by atoms with Gasteiger partial charge in [0.2, 0.25) is 0 Å². The summed E-state index contributed by atoms with van der Waals surface area (Å²) < 4.78 is 0. The van der Waals surface area contributed by atoms with Crippen molar-refractivity contribution < 1.29 is 9.90 Å². The van der Waals surface area contributed by atoms with Gasteiger partial charge < -0.3 is 5.11 Å². The molecule has 0 fully saturated rings. The summed E-state index contributed by atoms with van der Waals surface area (Å²) in [4.78, 5) is 18.5. The summed E-state index contributed by atoms with van der Waals surface area (Å²) in [7, 11) is 0. The minimum Gasteiger partial charge on any atom is -0.476 e. The number of aromatic carboxylic acids is 1. The fourth-order valence-electron chi connectivity index (χ4n) is 0.899. The minimum atomic E-state index is -1.07. The molecule has 1 aromatic heterocycles. The topological polar surface area (TPSA) is 63.1 Å². The Morgan fingerprint density at radius 1 is 1.54 bits per heavy atom. The molecular weight excluding hydrogens is 192 g/mol. The molecule has 0 spiro atoms. The monoisotopic (exact) mass is 200 g/mol. The number of carboxylic acid groups (broad SMARTS) is 1. The van der Waals surface area contributed by atoms with Crippen LogP contribution in [0.1, 0.15) is 28.8 Å². The van der Waals surface area contributed by atoms with E-state index in [2.05, 4.69) is 9.97 Å². The van der Waals surface area contributed by atoms with Crippen LogP contribution in [0.2, 0.25) is 5.15 Å². The van der Waals surface area contributed by atoms with Gasteiger partial charge in [0.05, 0.1) is 0 Å². The van der Waals surface area contributed by atoms with Crippen LogP contribution in [0.5, 0.6) is 0 Å². The molecule has 0 saturated carbocycles. The van der Waals surface area contributed by atoms with Gasteiger partial charge in [-0.15, -0.1) is 0 Å². The lowest BCUT2D eigenvalue weighted by Crippen LogP contribution is -2.08. The molecule has 1 rings (SSSR count). The third-order valence-corrected chi connectivity index (χ3v) is 2.02. The Morgan fingerprint density at radius 2 is 2.15 bits per heavy atom. The van der Waals surface area contributed by atoms with Crippen LogP contribution in [0.3, 0.4) is 0 Å². The highest BCUT2D eigenvalue weighted by Crippen LogP contribution is 2.15. The van der Waals surface area contributed by atoms with Gasteiger partial charge in [0.25, 0.3) is 0 Å². The van der Waals surface area contributed by atoms with Gasteiger partial charge in [-0.25, -0.2) is 14.8 Å². The molecule has 0 aromatic carbocycles. The molecule has 13 heavy (non-hydrogen) atoms. The third kappa shape index (κ3) is 1.95. The summed E-state index contributed by atoms with van der Waals surface area (Å²) in [6, 6.07) is 0. The number of carboxylic acids is 1. The molecule has 0 aliphatic heterocycles. The number of nitrogens with zero attached hydrogens (tertiary/aromatic N) is 2. The van der Waals surface area contributed by atoms with E-state index in [1.807, 2.05) is 6.92 Å². The van der Waals surface area contributed by atoms with Gasteiger partial charge in [-0.3, -0.25) is 0 Å². The highest BCUT2D eigenvalue weighted by atomic mass is 35.5. The van der Waals surface area contributed by atoms with Crippen LogP contribution in [0.4, 0.5) is 0 Å². The van der Waals surface area contributed by atoms with Gasteiger partial charge in [0, 0.05) is 12.0 Å². The van der Waals surface area contributed by atoms with Crippen molar-refractivity contribution in [3.8, 4) is 0 Å². The fourth-order valence-corrected chi connectivity index (χ4v) is 1.09. The molecular formula is C8H9ClN2O2. The molecule has 0 saturated heterocycles. The van der Waals surface area contributed by atoms with E-state index in [9.17, 15) is 4.79 Å². The van der Waals surface area contributed by atoms with Crippen molar-refractivity contribution in [1.29, 1.82) is 0 Å². The van der Waals surface area contributed by atoms with E-state index in [1.54, 1.807) is 6.92 Å². The Balaban J connectivity index is 3.33. The Hall–Kier alpha value is -1.16. The maximum Gasteiger partial charge on any atom is 0.354 e. The van der Waals surface area contributed by atoms with Crippen LogP contribution in [0.15, 0.2) is 0 Å². The zero-order valence-electron chi connectivity index (χ0n) is 7.33. The van der Waals surface area contributed by atoms with Gasteiger partial charge in [-0.05, 0) is 6.92 Å². The summed E-state index contributed by atoms with van der Waals surface area (Å²) >= 11 is 5.73. The molecule has 1 N–H and O–H groups in total. The van der Waals surface area contributed by atoms with Crippen LogP contribution in [0, 0.1) is 6.92 Å². The molecule has 1 aromatic rings. The van der Waals surface area contributed by atoms with Gasteiger partial charge in [-0.1, -0.05) is 18.5 Å². The molecule has 0 aliphatic carbocycles. The maximum absolute atomic E-state index is 10.7. The van der Waals surface area contributed by atoms with E-state index < -0.39 is 5.97 Å². The first kappa shape index (κ1) is 9.92. The Morgan fingerprint density at radius 3 is 2.62 bits per heavy atom. The molecule has 70 valence electrons. The predicted octanol–water partition coefficient (Wildman–Crippen LogP) is 1.70. The van der Waals surface area contributed by atoms with Crippen LogP contribution in [-0.4, -0.2) is 21.0 Å². The first-order valence-electron chi connectivity index (χ1n) is 3.82. The molecule has 0 radical (unpaired) electrons. The summed E-state index contributed by atoms with van der Waals surface area (Å²) in [6.07, 6.45) is 0.570. The smallest absolute Gasteiger partial charge is 0.354 e. The molecule has 4 nitrogen and oxygen atoms in total. The molecule has 0 amide bonds. The van der Waals surface area contributed by atoms with Crippen LogP contribution >= 0.6 is 11.6 Å². The van der Waals surface area contributed by atoms with Crippen molar-refractivity contribution in [2.75, 3.05) is 0 Å². The number of rotatable bonds is 2. The Labute approximate surface area is 80.6 Å². The first-order chi connectivity index (χ1) is 6.06. The van der Waals surface area contributed by atoms with Crippen molar-refractivity contribution >= 4 is 17.6 Å². The van der Waals surface area contributed by atoms with Gasteiger partial charge in [0.1, 0.15) is 11.0 Å². The van der Waals surface area contributed by atoms with Gasteiger partial charge >= 0.3 is 5.97 Å². The molecule has 0 bridgehead atoms. The molecule has 0 unspecified atom stereocenters. The van der Waals surface area contributed by atoms with E-state index in [0.29, 0.717) is 17.8 Å². The van der Waals surface area contributed by atoms with Crippen molar-refractivity contribution in [3.05, 3.63) is 22.2 Å². The fraction of sp³-hybridized carbons (Fsp3) is 0.375. The number of aromatic nitrogens is 2. The van der Waals surface area contributed by atoms with E-state index in [0.717, 1.165) is 0 Å². The summed E-state index contributed by atoms with van der Waals surface area (Å²) in [5, 5.41) is 8.97. The lowest BCUT2D eigenvalue weighted by molar-refractivity contribution is 0.0689. The molecule has 1 heterocycles. The van der Waals surface area contributed by atoms with Gasteiger partial charge in [-0.2, -0.15) is 0 Å². The highest BCUT2D eigenvalue weighted by molar-refractivity contribution is 6.30. The Bertz CT molecular complexity index is 352. The molecule has 5 heteroatoms. The van der Waals surface area contributed by atoms with Gasteiger partial charge in [0.15, 0.2) is 5.69 Å². The lowest BCUT2D eigenvalue weighted by atomic mass is 10.2. The second-order valence-corrected chi connectivity index (χ2v) is 2.92. The SMILES string of the molecule is CCc1nc(Cl)c(C)c(C(=O)O)n1. The standard InChI is InChI=1S/C8H9ClN2O2/c1-3-5-10-6(8(12)13)4(2)7(9)11-5/h3H2,1-2H3,(H,12,13). The highest BCUT2D eigenvalue weighted by Gasteiger charge is 2.13. The zero-order chi connectivity index (χ0) is 10.0. The lowest BCUT2D eigenvalue weighted by Gasteiger charge is -2.03. The van der Waals surface area contributed by atoms with E-state index >= 15 is 0 Å². The van der Waals surface area contributed by atoms with E-state index in [1.165, 1.54) is 0 Å². The number of hydrogen-bond acceptors (Lipinski definition) is 3. The van der Waals surface area contributed by atoms with Crippen LogP contribution in [0.25, 0.3) is 0 Å². The maximum atomic E-state index is 10.7. The van der Waals surface area contributed by atoms with Crippen molar-refractivity contribution in [3.63, 3.8) is 0 Å². The number of halogens is 1. The first-order valence-corrected chi connectivity index (χ1v) is 4.20. The van der Waals surface area contributed by atoms with Crippen molar-refractivity contribution in [1.82, 2.24) is 9.97 Å². The van der Waals surface area contributed by atoms with Crippen molar-refractivity contribution in [2.45, 2.75) is 20.3 Å². The number of carbonyl (C=O) groups is 1. The van der Waals surface area contributed by atoms with E-state index in [-0.39, 0.29) is 10.8 Å². The third-order valence-electron chi connectivity index (χ3n) is 1.65. The second-order valence-electron chi connectivity index (χ2n) is 2.56. The summed E-state index contributed by atoms with van der Waals surface area (Å²) in [6.45, 7) is 3.43. The summed E-state index contributed by atoms with van der Waals surface area (Å²) in [5.41, 5.74) is 0.392. The molecule has 0 atom stereocenters. The zero-order valence-corrected chi connectivity index (χ0v) is 8.09. The van der Waals surface area contributed by atoms with Crippen LogP contribution in [-0.2, 0) is 6.42 Å². The predicted molar refractivity (Wildman–Crippen MR) is 48.1 cm³/mol. The average molecular weight is 201 g/mol. The molecule has 0 aliphatic rings. The Kier molecular flexibility index (Phi) is 2.83. The summed E-state index contributed by atoms with van der Waals surface area (Å²) in [5.74, 6) is -0.621. The number of aryl methyl sites for hydroxylation is 1. The van der Waals surface area contributed by atoms with Crippen molar-refractivity contribution in [2.24, 2.45) is 0 Å². The normalized spacial score (nSPS) is 10.1. The van der Waals surface area contributed by atoms with Crippen LogP contribution < -0.4 is 0 Å². The average Bonchev–Trinajstić information content (AvgIpc) is 2.09.